The van der Waals surface area contributed by atoms with Crippen LogP contribution in [0.2, 0.25) is 0 Å². The van der Waals surface area contributed by atoms with E-state index in [0.717, 1.165) is 34.2 Å². The Bertz CT molecular complexity index is 2100. The Balaban J connectivity index is 1.30. The lowest BCUT2D eigenvalue weighted by molar-refractivity contribution is -0.169. The summed E-state index contributed by atoms with van der Waals surface area (Å²) in [6, 6.07) is 19.4. The summed E-state index contributed by atoms with van der Waals surface area (Å²) >= 11 is 3.40. The first-order valence-electron chi connectivity index (χ1n) is 21.6. The molecule has 0 aromatic heterocycles. The molecule has 1 saturated carbocycles. The number of benzene rings is 3. The van der Waals surface area contributed by atoms with Crippen molar-refractivity contribution in [2.45, 2.75) is 103 Å². The number of nitrogens with zero attached hydrogens (tertiary/aromatic N) is 2. The van der Waals surface area contributed by atoms with E-state index >= 15 is 0 Å². The van der Waals surface area contributed by atoms with Crippen LogP contribution in [0.15, 0.2) is 89.4 Å². The molecular formula is C47H56BrN5O11. The van der Waals surface area contributed by atoms with Gasteiger partial charge in [-0.25, -0.2) is 19.3 Å². The van der Waals surface area contributed by atoms with Gasteiger partial charge in [0.05, 0.1) is 19.2 Å². The van der Waals surface area contributed by atoms with E-state index < -0.39 is 78.3 Å². The zero-order chi connectivity index (χ0) is 46.2. The second kappa shape index (κ2) is 24.1. The first kappa shape index (κ1) is 48.9. The molecule has 1 saturated heterocycles. The number of ether oxygens (including phenoxy) is 3. The molecule has 2 aliphatic rings. The van der Waals surface area contributed by atoms with Crippen molar-refractivity contribution in [1.82, 2.24) is 25.8 Å². The summed E-state index contributed by atoms with van der Waals surface area (Å²) < 4.78 is 17.0. The predicted molar refractivity (Wildman–Crippen MR) is 237 cm³/mol. The Morgan fingerprint density at radius 1 is 0.812 bits per heavy atom. The number of urea groups is 1. The summed E-state index contributed by atoms with van der Waals surface area (Å²) in [5.41, 5.74) is 1.75. The highest BCUT2D eigenvalue weighted by Gasteiger charge is 2.49. The molecule has 5 rings (SSSR count). The fourth-order valence-corrected chi connectivity index (χ4v) is 7.80. The standard InChI is InChI=1S/C47H56BrN5O11/c1-4-14-36(40(55)43(57)49-25-38(54)64-41(34-19-12-7-13-20-34)45(59)62-29-32-15-8-5-9-16-32)50-42(56)37-27-52(26-31-21-23-35(48)24-22-31)47(61)53(37)44(58)39(33-17-10-6-11-18-33)51-46(60)63-28-30(2)3/h5,7-9,12-13,15-16,19-24,30,33,36-37,39,41H,4,6,10-11,14,17-18,25-29H2,1-3H3,(H,49,57)(H,50,56)(H,51,60)/t36?,37?,39?,41-/m0/s1. The molecule has 6 amide bonds. The van der Waals surface area contributed by atoms with E-state index in [9.17, 15) is 38.4 Å². The second-order valence-corrected chi connectivity index (χ2v) is 17.2. The van der Waals surface area contributed by atoms with Crippen LogP contribution in [-0.2, 0) is 56.1 Å². The minimum atomic E-state index is -1.47. The number of esters is 2. The Hall–Kier alpha value is -6.10. The first-order chi connectivity index (χ1) is 30.7. The number of hydrogen-bond donors (Lipinski definition) is 3. The highest BCUT2D eigenvalue weighted by molar-refractivity contribution is 9.10. The van der Waals surface area contributed by atoms with Crippen LogP contribution in [0.3, 0.4) is 0 Å². The minimum absolute atomic E-state index is 0.00303. The Labute approximate surface area is 381 Å². The number of carbonyl (C=O) groups is 8. The van der Waals surface area contributed by atoms with E-state index in [4.69, 9.17) is 14.2 Å². The number of hydrogen-bond acceptors (Lipinski definition) is 11. The van der Waals surface area contributed by atoms with Gasteiger partial charge in [-0.3, -0.25) is 24.0 Å². The van der Waals surface area contributed by atoms with Gasteiger partial charge in [-0.2, -0.15) is 0 Å². The van der Waals surface area contributed by atoms with Crippen LogP contribution in [0.5, 0.6) is 0 Å². The van der Waals surface area contributed by atoms with Gasteiger partial charge in [0.2, 0.25) is 17.8 Å². The average Bonchev–Trinajstić information content (AvgIpc) is 3.63. The van der Waals surface area contributed by atoms with E-state index in [0.29, 0.717) is 30.4 Å². The summed E-state index contributed by atoms with van der Waals surface area (Å²) in [6.45, 7) is 4.49. The van der Waals surface area contributed by atoms with E-state index in [2.05, 4.69) is 31.9 Å². The highest BCUT2D eigenvalue weighted by Crippen LogP contribution is 2.30. The quantitative estimate of drug-likeness (QED) is 0.0690. The summed E-state index contributed by atoms with van der Waals surface area (Å²) in [5.74, 6) is -6.16. The van der Waals surface area contributed by atoms with Gasteiger partial charge in [-0.1, -0.05) is 135 Å². The molecule has 1 aliphatic heterocycles. The molecule has 16 nitrogen and oxygen atoms in total. The molecule has 3 aromatic rings. The van der Waals surface area contributed by atoms with Crippen molar-refractivity contribution in [2.75, 3.05) is 19.7 Å². The maximum Gasteiger partial charge on any atom is 0.407 e. The predicted octanol–water partition coefficient (Wildman–Crippen LogP) is 5.91. The molecular weight excluding hydrogens is 890 g/mol. The summed E-state index contributed by atoms with van der Waals surface area (Å²) in [4.78, 5) is 111. The number of alkyl carbamates (subject to hydrolysis) is 1. The SMILES string of the molecule is CCCC(NC(=O)C1CN(Cc2ccc(Br)cc2)C(=O)N1C(=O)C(NC(=O)OCC(C)C)C1CCCCC1)C(=O)C(=O)NCC(=O)O[C@H](C(=O)OCc1ccccc1)c1ccccc1. The number of amides is 6. The number of ketones is 1. The Kier molecular flexibility index (Phi) is 18.4. The second-order valence-electron chi connectivity index (χ2n) is 16.3. The van der Waals surface area contributed by atoms with Crippen LogP contribution < -0.4 is 16.0 Å². The molecule has 17 heteroatoms. The van der Waals surface area contributed by atoms with Crippen molar-refractivity contribution in [2.24, 2.45) is 11.8 Å². The molecule has 4 atom stereocenters. The van der Waals surface area contributed by atoms with Crippen molar-refractivity contribution < 1.29 is 52.6 Å². The molecule has 2 fully saturated rings. The lowest BCUT2D eigenvalue weighted by Gasteiger charge is -2.33. The normalized spacial score (nSPS) is 16.6. The lowest BCUT2D eigenvalue weighted by atomic mass is 9.83. The summed E-state index contributed by atoms with van der Waals surface area (Å²) in [5, 5.41) is 7.52. The van der Waals surface area contributed by atoms with E-state index in [1.54, 1.807) is 85.8 Å². The van der Waals surface area contributed by atoms with Crippen LogP contribution >= 0.6 is 15.9 Å². The van der Waals surface area contributed by atoms with Gasteiger partial charge in [0.1, 0.15) is 25.2 Å². The third-order valence-electron chi connectivity index (χ3n) is 10.8. The van der Waals surface area contributed by atoms with E-state index in [-0.39, 0.29) is 44.6 Å². The molecule has 3 N–H and O–H groups in total. The number of halogens is 1. The fourth-order valence-electron chi connectivity index (χ4n) is 7.53. The van der Waals surface area contributed by atoms with Gasteiger partial charge in [0.25, 0.3) is 11.8 Å². The average molecular weight is 947 g/mol. The zero-order valence-electron chi connectivity index (χ0n) is 36.3. The van der Waals surface area contributed by atoms with Gasteiger partial charge < -0.3 is 35.1 Å². The van der Waals surface area contributed by atoms with Gasteiger partial charge in [-0.15, -0.1) is 0 Å². The molecule has 0 bridgehead atoms. The largest absolute Gasteiger partial charge is 0.458 e. The van der Waals surface area contributed by atoms with Crippen molar-refractivity contribution >= 4 is 63.5 Å². The van der Waals surface area contributed by atoms with E-state index in [1.165, 1.54) is 4.90 Å². The topological polar surface area (TPSA) is 207 Å². The molecule has 64 heavy (non-hydrogen) atoms. The zero-order valence-corrected chi connectivity index (χ0v) is 37.9. The van der Waals surface area contributed by atoms with Crippen molar-refractivity contribution in [3.8, 4) is 0 Å². The number of carbonyl (C=O) groups excluding carboxylic acids is 8. The van der Waals surface area contributed by atoms with Crippen molar-refractivity contribution in [3.05, 3.63) is 106 Å². The summed E-state index contributed by atoms with van der Waals surface area (Å²) in [7, 11) is 0. The molecule has 0 spiro atoms. The van der Waals surface area contributed by atoms with Gasteiger partial charge >= 0.3 is 24.1 Å². The lowest BCUT2D eigenvalue weighted by Crippen LogP contribution is -2.59. The maximum atomic E-state index is 14.6. The first-order valence-corrected chi connectivity index (χ1v) is 22.4. The molecule has 0 radical (unpaired) electrons. The molecule has 3 aromatic carbocycles. The van der Waals surface area contributed by atoms with Crippen molar-refractivity contribution in [1.29, 1.82) is 0 Å². The van der Waals surface area contributed by atoms with Crippen molar-refractivity contribution in [3.63, 3.8) is 0 Å². The third-order valence-corrected chi connectivity index (χ3v) is 11.4. The van der Waals surface area contributed by atoms with Crippen LogP contribution in [0.25, 0.3) is 0 Å². The number of imide groups is 1. The Morgan fingerprint density at radius 2 is 1.47 bits per heavy atom. The number of rotatable bonds is 20. The smallest absolute Gasteiger partial charge is 0.407 e. The monoisotopic (exact) mass is 945 g/mol. The number of Topliss-reactive ketones (excluding diaryl/α,β-unsaturated/α-hetero) is 1. The number of nitrogens with one attached hydrogen (secondary N) is 3. The van der Waals surface area contributed by atoms with E-state index in [1.807, 2.05) is 19.9 Å². The van der Waals surface area contributed by atoms with Gasteiger partial charge in [0.15, 0.2) is 0 Å². The minimum Gasteiger partial charge on any atom is -0.458 e. The van der Waals surface area contributed by atoms with Crippen LogP contribution in [0.1, 0.15) is 88.5 Å². The highest BCUT2D eigenvalue weighted by atomic mass is 79.9. The van der Waals surface area contributed by atoms with Crippen LogP contribution in [0.4, 0.5) is 9.59 Å². The molecule has 1 aliphatic carbocycles. The maximum absolute atomic E-state index is 14.6. The third kappa shape index (κ3) is 13.9. The fraction of sp³-hybridized carbons (Fsp3) is 0.447. The van der Waals surface area contributed by atoms with Crippen LogP contribution in [-0.4, -0.2) is 95.2 Å². The Morgan fingerprint density at radius 3 is 2.11 bits per heavy atom. The molecule has 342 valence electrons. The van der Waals surface area contributed by atoms with Gasteiger partial charge in [0, 0.05) is 16.6 Å². The molecule has 1 heterocycles. The molecule has 3 unspecified atom stereocenters. The summed E-state index contributed by atoms with van der Waals surface area (Å²) in [6.07, 6.45) is 1.80. The van der Waals surface area contributed by atoms with Crippen LogP contribution in [0, 0.1) is 11.8 Å². The van der Waals surface area contributed by atoms with Gasteiger partial charge in [-0.05, 0) is 54.4 Å².